The van der Waals surface area contributed by atoms with Gasteiger partial charge in [0.25, 0.3) is 5.91 Å². The van der Waals surface area contributed by atoms with Crippen molar-refractivity contribution in [3.8, 4) is 0 Å². The average molecular weight is 284 g/mol. The van der Waals surface area contributed by atoms with E-state index in [1.807, 2.05) is 6.92 Å². The number of hydrogen-bond acceptors (Lipinski definition) is 2. The zero-order chi connectivity index (χ0) is 14.8. The number of carbonyl (C=O) groups is 1. The van der Waals surface area contributed by atoms with Crippen molar-refractivity contribution in [1.82, 2.24) is 10.3 Å². The van der Waals surface area contributed by atoms with Gasteiger partial charge in [0.05, 0.1) is 0 Å². The number of amides is 1. The van der Waals surface area contributed by atoms with Crippen LogP contribution in [0.1, 0.15) is 40.2 Å². The molecule has 1 amide bonds. The van der Waals surface area contributed by atoms with Gasteiger partial charge in [-0.2, -0.15) is 0 Å². The second-order valence-electron chi connectivity index (χ2n) is 5.50. The first kappa shape index (κ1) is 13.7. The summed E-state index contributed by atoms with van der Waals surface area (Å²) in [5.41, 5.74) is 2.66. The minimum atomic E-state index is -0.246. The Morgan fingerprint density at radius 2 is 2.10 bits per heavy atom. The van der Waals surface area contributed by atoms with Crippen LogP contribution < -0.4 is 5.32 Å². The van der Waals surface area contributed by atoms with Crippen molar-refractivity contribution in [1.29, 1.82) is 0 Å². The maximum atomic E-state index is 13.7. The van der Waals surface area contributed by atoms with Gasteiger partial charge in [-0.15, -0.1) is 0 Å². The molecule has 0 atom stereocenters. The number of halogens is 1. The third kappa shape index (κ3) is 3.45. The molecule has 0 bridgehead atoms. The molecule has 1 aromatic heterocycles. The van der Waals surface area contributed by atoms with Crippen LogP contribution in [0, 0.1) is 12.7 Å². The predicted octanol–water partition coefficient (Wildman–Crippen LogP) is 3.01. The molecule has 0 radical (unpaired) electrons. The van der Waals surface area contributed by atoms with E-state index in [-0.39, 0.29) is 11.7 Å². The van der Waals surface area contributed by atoms with Gasteiger partial charge in [-0.3, -0.25) is 9.78 Å². The van der Waals surface area contributed by atoms with Crippen LogP contribution in [0.3, 0.4) is 0 Å². The number of benzene rings is 1. The predicted molar refractivity (Wildman–Crippen MR) is 78.7 cm³/mol. The van der Waals surface area contributed by atoms with Crippen LogP contribution >= 0.6 is 0 Å². The highest BCUT2D eigenvalue weighted by atomic mass is 19.1. The fraction of sp³-hybridized carbons (Fsp3) is 0.294. The number of hydrogen-bond donors (Lipinski definition) is 1. The Kier molecular flexibility index (Phi) is 3.69. The van der Waals surface area contributed by atoms with Crippen molar-refractivity contribution < 1.29 is 9.18 Å². The summed E-state index contributed by atoms with van der Waals surface area (Å²) in [4.78, 5) is 16.5. The van der Waals surface area contributed by atoms with Gasteiger partial charge in [0.1, 0.15) is 5.82 Å². The summed E-state index contributed by atoms with van der Waals surface area (Å²) in [6.07, 6.45) is 2.49. The summed E-state index contributed by atoms with van der Waals surface area (Å²) < 4.78 is 13.7. The maximum absolute atomic E-state index is 13.7. The molecule has 1 aliphatic rings. The summed E-state index contributed by atoms with van der Waals surface area (Å²) in [5.74, 6) is -0.317. The molecule has 108 valence electrons. The smallest absolute Gasteiger partial charge is 0.251 e. The van der Waals surface area contributed by atoms with E-state index in [2.05, 4.69) is 10.3 Å². The zero-order valence-corrected chi connectivity index (χ0v) is 11.9. The van der Waals surface area contributed by atoms with Gasteiger partial charge in [-0.25, -0.2) is 4.39 Å². The summed E-state index contributed by atoms with van der Waals surface area (Å²) in [5, 5.41) is 2.96. The maximum Gasteiger partial charge on any atom is 0.251 e. The first-order valence-corrected chi connectivity index (χ1v) is 7.13. The highest BCUT2D eigenvalue weighted by molar-refractivity contribution is 5.94. The van der Waals surface area contributed by atoms with Crippen molar-refractivity contribution in [3.05, 3.63) is 64.7 Å². The molecule has 0 aliphatic heterocycles. The van der Waals surface area contributed by atoms with E-state index in [4.69, 9.17) is 0 Å². The van der Waals surface area contributed by atoms with Gasteiger partial charge < -0.3 is 5.32 Å². The summed E-state index contributed by atoms with van der Waals surface area (Å²) in [6.45, 7) is 1.85. The van der Waals surface area contributed by atoms with Gasteiger partial charge in [-0.05, 0) is 43.5 Å². The SMILES string of the molecule is Cc1cc(C(=O)NC2CC2)cc(Cc2ccccc2F)n1. The van der Waals surface area contributed by atoms with Crippen LogP contribution in [0.5, 0.6) is 0 Å². The highest BCUT2D eigenvalue weighted by Gasteiger charge is 2.24. The molecule has 0 saturated heterocycles. The number of aromatic nitrogens is 1. The van der Waals surface area contributed by atoms with Crippen LogP contribution in [0.2, 0.25) is 0 Å². The minimum Gasteiger partial charge on any atom is -0.349 e. The number of carbonyl (C=O) groups excluding carboxylic acids is 1. The molecule has 3 rings (SSSR count). The second kappa shape index (κ2) is 5.64. The summed E-state index contributed by atoms with van der Waals surface area (Å²) in [7, 11) is 0. The van der Waals surface area contributed by atoms with Gasteiger partial charge in [0.2, 0.25) is 0 Å². The second-order valence-corrected chi connectivity index (χ2v) is 5.50. The topological polar surface area (TPSA) is 42.0 Å². The Morgan fingerprint density at radius 1 is 1.33 bits per heavy atom. The van der Waals surface area contributed by atoms with Crippen LogP contribution in [0.25, 0.3) is 0 Å². The first-order valence-electron chi connectivity index (χ1n) is 7.13. The molecule has 0 spiro atoms. The molecule has 0 unspecified atom stereocenters. The lowest BCUT2D eigenvalue weighted by molar-refractivity contribution is 0.0950. The molecule has 1 aliphatic carbocycles. The van der Waals surface area contributed by atoms with Crippen molar-refractivity contribution in [2.24, 2.45) is 0 Å². The first-order chi connectivity index (χ1) is 10.1. The Hall–Kier alpha value is -2.23. The number of nitrogens with zero attached hydrogens (tertiary/aromatic N) is 1. The molecule has 1 fully saturated rings. The summed E-state index contributed by atoms with van der Waals surface area (Å²) >= 11 is 0. The van der Waals surface area contributed by atoms with E-state index in [1.54, 1.807) is 30.3 Å². The molecular formula is C17H17FN2O. The Morgan fingerprint density at radius 3 is 2.81 bits per heavy atom. The number of nitrogens with one attached hydrogen (secondary N) is 1. The molecule has 4 heteroatoms. The normalized spacial score (nSPS) is 14.0. The molecular weight excluding hydrogens is 267 g/mol. The van der Waals surface area contributed by atoms with E-state index in [0.717, 1.165) is 18.5 Å². The quantitative estimate of drug-likeness (QED) is 0.937. The highest BCUT2D eigenvalue weighted by Crippen LogP contribution is 2.20. The third-order valence-corrected chi connectivity index (χ3v) is 3.51. The van der Waals surface area contributed by atoms with E-state index in [9.17, 15) is 9.18 Å². The molecule has 2 aromatic rings. The molecule has 21 heavy (non-hydrogen) atoms. The van der Waals surface area contributed by atoms with Gasteiger partial charge in [0, 0.05) is 29.4 Å². The lowest BCUT2D eigenvalue weighted by atomic mass is 10.1. The Labute approximate surface area is 123 Å². The number of pyridine rings is 1. The molecule has 3 nitrogen and oxygen atoms in total. The largest absolute Gasteiger partial charge is 0.349 e. The van der Waals surface area contributed by atoms with Crippen LogP contribution in [-0.4, -0.2) is 16.9 Å². The minimum absolute atomic E-state index is 0.0715. The Bertz CT molecular complexity index is 680. The number of rotatable bonds is 4. The number of aryl methyl sites for hydroxylation is 1. The third-order valence-electron chi connectivity index (χ3n) is 3.51. The lowest BCUT2D eigenvalue weighted by Crippen LogP contribution is -2.25. The standard InChI is InChI=1S/C17H17FN2O/c1-11-8-13(17(21)20-14-6-7-14)10-15(19-11)9-12-4-2-3-5-16(12)18/h2-5,8,10,14H,6-7,9H2,1H3,(H,20,21). The average Bonchev–Trinajstić information content (AvgIpc) is 3.25. The van der Waals surface area contributed by atoms with Crippen molar-refractivity contribution in [2.75, 3.05) is 0 Å². The van der Waals surface area contributed by atoms with Crippen molar-refractivity contribution in [3.63, 3.8) is 0 Å². The fourth-order valence-electron chi connectivity index (χ4n) is 2.29. The van der Waals surface area contributed by atoms with E-state index in [1.165, 1.54) is 6.07 Å². The van der Waals surface area contributed by atoms with Crippen LogP contribution in [0.15, 0.2) is 36.4 Å². The van der Waals surface area contributed by atoms with Crippen LogP contribution in [0.4, 0.5) is 4.39 Å². The van der Waals surface area contributed by atoms with Gasteiger partial charge in [-0.1, -0.05) is 18.2 Å². The van der Waals surface area contributed by atoms with Crippen molar-refractivity contribution in [2.45, 2.75) is 32.2 Å². The summed E-state index contributed by atoms with van der Waals surface area (Å²) in [6, 6.07) is 10.5. The van der Waals surface area contributed by atoms with E-state index >= 15 is 0 Å². The monoisotopic (exact) mass is 284 g/mol. The van der Waals surface area contributed by atoms with Crippen molar-refractivity contribution >= 4 is 5.91 Å². The molecule has 1 aromatic carbocycles. The van der Waals surface area contributed by atoms with Gasteiger partial charge in [0.15, 0.2) is 0 Å². The molecule has 1 N–H and O–H groups in total. The molecule has 1 heterocycles. The zero-order valence-electron chi connectivity index (χ0n) is 11.9. The van der Waals surface area contributed by atoms with Crippen LogP contribution in [-0.2, 0) is 6.42 Å². The fourth-order valence-corrected chi connectivity index (χ4v) is 2.29. The lowest BCUT2D eigenvalue weighted by Gasteiger charge is -2.08. The molecule has 1 saturated carbocycles. The Balaban J connectivity index is 1.83. The van der Waals surface area contributed by atoms with E-state index < -0.39 is 0 Å². The van der Waals surface area contributed by atoms with Gasteiger partial charge >= 0.3 is 0 Å². The van der Waals surface area contributed by atoms with E-state index in [0.29, 0.717) is 29.3 Å².